The van der Waals surface area contributed by atoms with Crippen LogP contribution in [0.1, 0.15) is 155 Å². The number of thioether (sulfide) groups is 1. The predicted octanol–water partition coefficient (Wildman–Crippen LogP) is 9.82. The van der Waals surface area contributed by atoms with E-state index in [1.807, 2.05) is 0 Å². The molecule has 0 aromatic rings. The van der Waals surface area contributed by atoms with Crippen LogP contribution in [0, 0.1) is 5.92 Å². The van der Waals surface area contributed by atoms with Crippen LogP contribution in [-0.2, 0) is 9.53 Å². The van der Waals surface area contributed by atoms with Gasteiger partial charge in [0, 0.05) is 31.0 Å². The molecule has 0 aromatic carbocycles. The number of hydrogen-bond acceptors (Lipinski definition) is 4. The van der Waals surface area contributed by atoms with E-state index in [9.17, 15) is 4.79 Å². The molecule has 1 fully saturated rings. The van der Waals surface area contributed by atoms with Crippen molar-refractivity contribution in [3.05, 3.63) is 0 Å². The minimum Gasteiger partial charge on any atom is -0.465 e. The minimum absolute atomic E-state index is 0.0460. The molecule has 1 atom stereocenters. The van der Waals surface area contributed by atoms with Gasteiger partial charge in [-0.3, -0.25) is 4.79 Å². The number of carbonyl (C=O) groups excluding carboxylic acids is 1. The summed E-state index contributed by atoms with van der Waals surface area (Å²) in [5, 5.41) is 0. The van der Waals surface area contributed by atoms with Gasteiger partial charge in [-0.05, 0) is 38.1 Å². The van der Waals surface area contributed by atoms with Crippen LogP contribution < -0.4 is 0 Å². The number of ether oxygens (including phenoxy) is 1. The van der Waals surface area contributed by atoms with E-state index in [-0.39, 0.29) is 5.97 Å². The van der Waals surface area contributed by atoms with Crippen LogP contribution >= 0.6 is 11.8 Å². The fraction of sp³-hybridized carbons (Fsp3) is 0.969. The van der Waals surface area contributed by atoms with Gasteiger partial charge in [0.1, 0.15) is 0 Å². The zero-order valence-electron chi connectivity index (χ0n) is 24.5. The zero-order valence-corrected chi connectivity index (χ0v) is 25.4. The van der Waals surface area contributed by atoms with Crippen LogP contribution in [0.3, 0.4) is 0 Å². The van der Waals surface area contributed by atoms with Crippen LogP contribution in [0.2, 0.25) is 0 Å². The summed E-state index contributed by atoms with van der Waals surface area (Å²) in [5.74, 6) is 3.24. The van der Waals surface area contributed by atoms with Crippen molar-refractivity contribution in [2.45, 2.75) is 155 Å². The summed E-state index contributed by atoms with van der Waals surface area (Å²) in [7, 11) is 0. The molecule has 214 valence electrons. The third-order valence-electron chi connectivity index (χ3n) is 7.87. The Hall–Kier alpha value is -0.220. The molecule has 1 saturated heterocycles. The number of esters is 1. The van der Waals surface area contributed by atoms with E-state index in [0.717, 1.165) is 6.42 Å². The maximum absolute atomic E-state index is 12.4. The Kier molecular flexibility index (Phi) is 24.8. The standard InChI is InChI=1S/C32H63NO2S/c1-3-5-7-9-11-12-15-19-23-31(22-18-14-10-8-6-4-2)30-35-32(34)24-20-16-13-17-21-25-33-26-28-36-29-27-33/h31H,3-30H2,1-2H3. The normalized spacial score (nSPS) is 15.3. The lowest BCUT2D eigenvalue weighted by Crippen LogP contribution is -2.33. The first kappa shape index (κ1) is 33.8. The third kappa shape index (κ3) is 21.8. The number of rotatable bonds is 26. The van der Waals surface area contributed by atoms with Crippen molar-refractivity contribution in [3.8, 4) is 0 Å². The lowest BCUT2D eigenvalue weighted by Gasteiger charge is -2.25. The summed E-state index contributed by atoms with van der Waals surface area (Å²) in [4.78, 5) is 15.0. The van der Waals surface area contributed by atoms with E-state index < -0.39 is 0 Å². The Bertz CT molecular complexity index is 467. The van der Waals surface area contributed by atoms with Crippen molar-refractivity contribution in [2.75, 3.05) is 37.7 Å². The molecule has 0 aromatic heterocycles. The second-order valence-electron chi connectivity index (χ2n) is 11.3. The third-order valence-corrected chi connectivity index (χ3v) is 8.81. The first-order valence-corrected chi connectivity index (χ1v) is 17.4. The van der Waals surface area contributed by atoms with Crippen molar-refractivity contribution in [1.82, 2.24) is 4.90 Å². The van der Waals surface area contributed by atoms with Gasteiger partial charge in [0.25, 0.3) is 0 Å². The van der Waals surface area contributed by atoms with Crippen molar-refractivity contribution >= 4 is 17.7 Å². The highest BCUT2D eigenvalue weighted by Crippen LogP contribution is 2.20. The van der Waals surface area contributed by atoms with Crippen molar-refractivity contribution in [2.24, 2.45) is 5.92 Å². The van der Waals surface area contributed by atoms with Crippen LogP contribution in [-0.4, -0.2) is 48.6 Å². The Morgan fingerprint density at radius 1 is 0.667 bits per heavy atom. The summed E-state index contributed by atoms with van der Waals surface area (Å²) >= 11 is 2.09. The minimum atomic E-state index is 0.0460. The number of hydrogen-bond donors (Lipinski definition) is 0. The van der Waals surface area contributed by atoms with Gasteiger partial charge in [-0.25, -0.2) is 0 Å². The average Bonchev–Trinajstić information content (AvgIpc) is 2.90. The first-order valence-electron chi connectivity index (χ1n) is 16.2. The summed E-state index contributed by atoms with van der Waals surface area (Å²) < 4.78 is 5.78. The number of nitrogens with zero attached hydrogens (tertiary/aromatic N) is 1. The molecule has 1 unspecified atom stereocenters. The van der Waals surface area contributed by atoms with E-state index in [4.69, 9.17) is 4.74 Å². The molecular weight excluding hydrogens is 462 g/mol. The topological polar surface area (TPSA) is 29.5 Å². The second-order valence-corrected chi connectivity index (χ2v) is 12.6. The van der Waals surface area contributed by atoms with Crippen LogP contribution in [0.5, 0.6) is 0 Å². The summed E-state index contributed by atoms with van der Waals surface area (Å²) in [6, 6.07) is 0. The maximum Gasteiger partial charge on any atom is 0.305 e. The smallest absolute Gasteiger partial charge is 0.305 e. The fourth-order valence-corrected chi connectivity index (χ4v) is 6.31. The number of unbranched alkanes of at least 4 members (excludes halogenated alkanes) is 16. The van der Waals surface area contributed by atoms with Crippen molar-refractivity contribution in [3.63, 3.8) is 0 Å². The molecule has 1 rings (SSSR count). The molecule has 36 heavy (non-hydrogen) atoms. The van der Waals surface area contributed by atoms with Crippen molar-refractivity contribution in [1.29, 1.82) is 0 Å². The SMILES string of the molecule is CCCCCCCCCCC(CCCCCCCC)COC(=O)CCCCCCCN1CCSCC1. The highest BCUT2D eigenvalue weighted by molar-refractivity contribution is 7.99. The summed E-state index contributed by atoms with van der Waals surface area (Å²) in [6.07, 6.45) is 28.2. The molecular formula is C32H63NO2S. The molecule has 0 bridgehead atoms. The van der Waals surface area contributed by atoms with Crippen LogP contribution in [0.25, 0.3) is 0 Å². The van der Waals surface area contributed by atoms with Gasteiger partial charge in [0.05, 0.1) is 6.61 Å². The Morgan fingerprint density at radius 2 is 1.14 bits per heavy atom. The van der Waals surface area contributed by atoms with E-state index in [1.54, 1.807) is 0 Å². The van der Waals surface area contributed by atoms with Crippen molar-refractivity contribution < 1.29 is 9.53 Å². The molecule has 4 heteroatoms. The lowest BCUT2D eigenvalue weighted by molar-refractivity contribution is -0.145. The summed E-state index contributed by atoms with van der Waals surface area (Å²) in [5.41, 5.74) is 0. The second kappa shape index (κ2) is 26.4. The van der Waals surface area contributed by atoms with Gasteiger partial charge in [-0.2, -0.15) is 11.8 Å². The zero-order chi connectivity index (χ0) is 25.9. The number of carbonyl (C=O) groups is 1. The lowest BCUT2D eigenvalue weighted by atomic mass is 9.94. The molecule has 1 heterocycles. The van der Waals surface area contributed by atoms with E-state index in [0.29, 0.717) is 18.9 Å². The fourth-order valence-electron chi connectivity index (χ4n) is 5.33. The Balaban J connectivity index is 2.10. The van der Waals surface area contributed by atoms with Crippen LogP contribution in [0.15, 0.2) is 0 Å². The monoisotopic (exact) mass is 525 g/mol. The molecule has 0 spiro atoms. The predicted molar refractivity (Wildman–Crippen MR) is 161 cm³/mol. The molecule has 1 aliphatic rings. The van der Waals surface area contributed by atoms with Gasteiger partial charge in [0.15, 0.2) is 0 Å². The molecule has 0 aliphatic carbocycles. The van der Waals surface area contributed by atoms with Crippen LogP contribution in [0.4, 0.5) is 0 Å². The first-order chi connectivity index (χ1) is 17.8. The quantitative estimate of drug-likeness (QED) is 0.0830. The Morgan fingerprint density at radius 3 is 1.69 bits per heavy atom. The van der Waals surface area contributed by atoms with E-state index >= 15 is 0 Å². The van der Waals surface area contributed by atoms with E-state index in [1.165, 1.54) is 160 Å². The molecule has 0 N–H and O–H groups in total. The average molecular weight is 526 g/mol. The largest absolute Gasteiger partial charge is 0.465 e. The van der Waals surface area contributed by atoms with Gasteiger partial charge >= 0.3 is 5.97 Å². The van der Waals surface area contributed by atoms with Gasteiger partial charge in [-0.1, -0.05) is 123 Å². The molecule has 1 aliphatic heterocycles. The highest BCUT2D eigenvalue weighted by Gasteiger charge is 2.13. The Labute approximate surface area is 230 Å². The maximum atomic E-state index is 12.4. The molecule has 0 radical (unpaired) electrons. The molecule has 3 nitrogen and oxygen atoms in total. The van der Waals surface area contributed by atoms with E-state index in [2.05, 4.69) is 30.5 Å². The van der Waals surface area contributed by atoms with Gasteiger partial charge in [-0.15, -0.1) is 0 Å². The summed E-state index contributed by atoms with van der Waals surface area (Å²) in [6.45, 7) is 9.04. The highest BCUT2D eigenvalue weighted by atomic mass is 32.2. The molecule has 0 amide bonds. The van der Waals surface area contributed by atoms with Gasteiger partial charge in [0.2, 0.25) is 0 Å². The van der Waals surface area contributed by atoms with Gasteiger partial charge < -0.3 is 9.64 Å². The molecule has 0 saturated carbocycles.